The molecule has 218 valence electrons. The minimum absolute atomic E-state index is 0.284. The molecule has 8 nitrogen and oxygen atoms in total. The molecule has 0 spiro atoms. The first-order valence-corrected chi connectivity index (χ1v) is 15.4. The smallest absolute Gasteiger partial charge is 0.298 e. The van der Waals surface area contributed by atoms with E-state index in [1.54, 1.807) is 53.1 Å². The molecule has 7 aromatic rings. The molecule has 5 aromatic heterocycles. The van der Waals surface area contributed by atoms with E-state index in [2.05, 4.69) is 75.5 Å². The Labute approximate surface area is 265 Å². The molecule has 0 aliphatic heterocycles. The molecule has 0 aliphatic rings. The number of fused-ring (bicyclic) bond motifs is 1. The Kier molecular flexibility index (Phi) is 7.79. The summed E-state index contributed by atoms with van der Waals surface area (Å²) in [6, 6.07) is 35.5. The molecule has 5 heterocycles. The highest BCUT2D eigenvalue weighted by atomic mass is 32.1. The summed E-state index contributed by atoms with van der Waals surface area (Å²) in [7, 11) is 0. The molecule has 0 bridgehead atoms. The number of nitrogens with zero attached hydrogens (tertiary/aromatic N) is 4. The second kappa shape index (κ2) is 12.5. The van der Waals surface area contributed by atoms with Gasteiger partial charge in [0.05, 0.1) is 22.8 Å². The van der Waals surface area contributed by atoms with Crippen LogP contribution in [0.25, 0.3) is 42.6 Å². The minimum Gasteiger partial charge on any atom is -0.429 e. The maximum absolute atomic E-state index is 11.2. The van der Waals surface area contributed by atoms with E-state index < -0.39 is 0 Å². The third-order valence-corrected chi connectivity index (χ3v) is 9.24. The highest BCUT2D eigenvalue weighted by Gasteiger charge is 2.18. The number of hydrogen-bond acceptors (Lipinski definition) is 10. The fourth-order valence-corrected chi connectivity index (χ4v) is 7.36. The number of pyridine rings is 3. The third-order valence-electron chi connectivity index (χ3n) is 6.91. The highest BCUT2D eigenvalue weighted by molar-refractivity contribution is 7.31. The number of para-hydroxylation sites is 2. The van der Waals surface area contributed by atoms with Gasteiger partial charge in [0.1, 0.15) is 16.5 Å². The summed E-state index contributed by atoms with van der Waals surface area (Å²) in [6.07, 6.45) is 3.25. The van der Waals surface area contributed by atoms with Crippen LogP contribution in [0.1, 0.15) is 0 Å². The predicted octanol–water partition coefficient (Wildman–Crippen LogP) is 8.69. The van der Waals surface area contributed by atoms with Crippen LogP contribution in [-0.2, 0) is 9.59 Å². The Balaban J connectivity index is 1.24. The summed E-state index contributed by atoms with van der Waals surface area (Å²) in [5.41, 5.74) is 5.15. The average molecular weight is 627 g/mol. The normalized spacial score (nSPS) is 10.8. The third kappa shape index (κ3) is 5.92. The van der Waals surface area contributed by atoms with Crippen LogP contribution in [0, 0.1) is 0 Å². The van der Waals surface area contributed by atoms with Crippen LogP contribution in [0.3, 0.4) is 0 Å². The van der Waals surface area contributed by atoms with Crippen LogP contribution >= 0.6 is 22.7 Å². The molecule has 0 amide bonds. The van der Waals surface area contributed by atoms with Crippen LogP contribution in [0.4, 0.5) is 16.4 Å². The second-order valence-electron chi connectivity index (χ2n) is 9.74. The molecule has 10 heteroatoms. The van der Waals surface area contributed by atoms with Crippen molar-refractivity contribution >= 4 is 61.4 Å². The molecule has 0 N–H and O–H groups in total. The van der Waals surface area contributed by atoms with Gasteiger partial charge >= 0.3 is 0 Å². The van der Waals surface area contributed by atoms with E-state index in [1.807, 2.05) is 24.3 Å². The van der Waals surface area contributed by atoms with E-state index in [0.717, 1.165) is 26.8 Å². The number of thiophene rings is 2. The van der Waals surface area contributed by atoms with E-state index in [1.165, 1.54) is 15.6 Å². The maximum atomic E-state index is 11.2. The number of ether oxygens (including phenoxy) is 2. The molecule has 0 saturated carbocycles. The average Bonchev–Trinajstić information content (AvgIpc) is 3.66. The van der Waals surface area contributed by atoms with Crippen molar-refractivity contribution in [3.05, 3.63) is 122 Å². The molecule has 0 saturated heterocycles. The second-order valence-corrected chi connectivity index (χ2v) is 11.9. The monoisotopic (exact) mass is 626 g/mol. The number of carbonyl (C=O) groups excluding carboxylic acids is 2. The lowest BCUT2D eigenvalue weighted by atomic mass is 10.1. The molecule has 45 heavy (non-hydrogen) atoms. The largest absolute Gasteiger partial charge is 0.429 e. The van der Waals surface area contributed by atoms with Crippen molar-refractivity contribution < 1.29 is 19.1 Å². The van der Waals surface area contributed by atoms with E-state index in [9.17, 15) is 9.59 Å². The van der Waals surface area contributed by atoms with Gasteiger partial charge in [-0.2, -0.15) is 0 Å². The zero-order valence-corrected chi connectivity index (χ0v) is 25.1. The van der Waals surface area contributed by atoms with Crippen molar-refractivity contribution in [3.8, 4) is 44.7 Å². The molecule has 0 fully saturated rings. The van der Waals surface area contributed by atoms with Crippen molar-refractivity contribution in [3.63, 3.8) is 0 Å². The number of anilines is 3. The SMILES string of the molecule is O=COc1ccnc(-c2cc(OC=O)cc(-c3cc(-c4cc5sc(N(c6ccccc6)c6ccccc6)cc5s4)ccn3)n2)c1. The van der Waals surface area contributed by atoms with E-state index in [-0.39, 0.29) is 5.75 Å². The van der Waals surface area contributed by atoms with Gasteiger partial charge in [0.25, 0.3) is 12.9 Å². The number of benzene rings is 2. The summed E-state index contributed by atoms with van der Waals surface area (Å²) in [5.74, 6) is 0.600. The molecule has 0 atom stereocenters. The van der Waals surface area contributed by atoms with Gasteiger partial charge in [-0.1, -0.05) is 36.4 Å². The van der Waals surface area contributed by atoms with Gasteiger partial charge in [-0.15, -0.1) is 22.7 Å². The van der Waals surface area contributed by atoms with Gasteiger partial charge in [0.2, 0.25) is 0 Å². The summed E-state index contributed by atoms with van der Waals surface area (Å²) in [6.45, 7) is 0.701. The molecular formula is C35H22N4O4S2. The molecule has 7 rings (SSSR count). The Morgan fingerprint density at radius 2 is 1.16 bits per heavy atom. The first kappa shape index (κ1) is 28.1. The summed E-state index contributed by atoms with van der Waals surface area (Å²) >= 11 is 3.46. The molecular weight excluding hydrogens is 605 g/mol. The van der Waals surface area contributed by atoms with Gasteiger partial charge in [-0.25, -0.2) is 4.98 Å². The van der Waals surface area contributed by atoms with Crippen LogP contribution in [-0.4, -0.2) is 27.9 Å². The van der Waals surface area contributed by atoms with Crippen LogP contribution in [0.15, 0.2) is 122 Å². The van der Waals surface area contributed by atoms with Crippen molar-refractivity contribution in [2.45, 2.75) is 0 Å². The first-order chi connectivity index (χ1) is 22.2. The lowest BCUT2D eigenvalue weighted by molar-refractivity contribution is -0.121. The summed E-state index contributed by atoms with van der Waals surface area (Å²) in [4.78, 5) is 39.1. The van der Waals surface area contributed by atoms with Crippen LogP contribution < -0.4 is 14.4 Å². The van der Waals surface area contributed by atoms with Crippen molar-refractivity contribution in [1.29, 1.82) is 0 Å². The zero-order chi connectivity index (χ0) is 30.6. The highest BCUT2D eigenvalue weighted by Crippen LogP contribution is 2.46. The number of carbonyl (C=O) groups is 2. The topological polar surface area (TPSA) is 94.5 Å². The minimum atomic E-state index is 0.284. The van der Waals surface area contributed by atoms with Gasteiger partial charge in [0, 0.05) is 56.2 Å². The Bertz CT molecular complexity index is 2060. The van der Waals surface area contributed by atoms with Crippen LogP contribution in [0.5, 0.6) is 11.5 Å². The quantitative estimate of drug-likeness (QED) is 0.139. The Morgan fingerprint density at radius 1 is 0.578 bits per heavy atom. The van der Waals surface area contributed by atoms with Crippen molar-refractivity contribution in [2.75, 3.05) is 4.90 Å². The number of aromatic nitrogens is 3. The number of hydrogen-bond donors (Lipinski definition) is 0. The Morgan fingerprint density at radius 3 is 1.80 bits per heavy atom. The molecule has 0 aliphatic carbocycles. The van der Waals surface area contributed by atoms with Crippen molar-refractivity contribution in [2.24, 2.45) is 0 Å². The molecule has 0 unspecified atom stereocenters. The number of rotatable bonds is 10. The fourth-order valence-electron chi connectivity index (χ4n) is 4.93. The lowest BCUT2D eigenvalue weighted by Crippen LogP contribution is -2.07. The predicted molar refractivity (Wildman–Crippen MR) is 177 cm³/mol. The first-order valence-electron chi connectivity index (χ1n) is 13.8. The fraction of sp³-hybridized carbons (Fsp3) is 0. The van der Waals surface area contributed by atoms with E-state index >= 15 is 0 Å². The molecule has 0 radical (unpaired) electrons. The van der Waals surface area contributed by atoms with Crippen LogP contribution in [0.2, 0.25) is 0 Å². The standard InChI is InChI=1S/C35H22N4O4S2/c40-21-42-26-12-14-37-29(16-26)31-18-27(43-22-41)17-30(38-31)28-15-23(11-13-36-28)32-19-33-34(44-32)20-35(45-33)39(24-7-3-1-4-8-24)25-9-5-2-6-10-25/h1-22H. The Hall–Kier alpha value is -5.71. The molecule has 2 aromatic carbocycles. The zero-order valence-electron chi connectivity index (χ0n) is 23.4. The van der Waals surface area contributed by atoms with E-state index in [4.69, 9.17) is 14.5 Å². The van der Waals surface area contributed by atoms with Gasteiger partial charge < -0.3 is 14.4 Å². The summed E-state index contributed by atoms with van der Waals surface area (Å²) in [5, 5.41) is 1.13. The van der Waals surface area contributed by atoms with Gasteiger partial charge in [0.15, 0.2) is 0 Å². The van der Waals surface area contributed by atoms with Gasteiger partial charge in [-0.05, 0) is 60.2 Å². The van der Waals surface area contributed by atoms with E-state index in [0.29, 0.717) is 41.5 Å². The summed E-state index contributed by atoms with van der Waals surface area (Å²) < 4.78 is 12.5. The van der Waals surface area contributed by atoms with Crippen molar-refractivity contribution in [1.82, 2.24) is 15.0 Å². The van der Waals surface area contributed by atoms with Gasteiger partial charge in [-0.3, -0.25) is 19.6 Å². The maximum Gasteiger partial charge on any atom is 0.298 e. The lowest BCUT2D eigenvalue weighted by Gasteiger charge is -2.23.